The lowest BCUT2D eigenvalue weighted by atomic mass is 9.86. The Bertz CT molecular complexity index is 1050. The van der Waals surface area contributed by atoms with Gasteiger partial charge >= 0.3 is 0 Å². The number of benzene rings is 2. The zero-order chi connectivity index (χ0) is 18.4. The van der Waals surface area contributed by atoms with Gasteiger partial charge < -0.3 is 0 Å². The van der Waals surface area contributed by atoms with E-state index < -0.39 is 11.4 Å². The summed E-state index contributed by atoms with van der Waals surface area (Å²) in [5.41, 5.74) is 0.468. The summed E-state index contributed by atoms with van der Waals surface area (Å²) >= 11 is 0. The highest BCUT2D eigenvalue weighted by molar-refractivity contribution is 6.35. The number of carbonyl (C=O) groups is 1. The van der Waals surface area contributed by atoms with E-state index in [0.717, 1.165) is 10.2 Å². The highest BCUT2D eigenvalue weighted by Crippen LogP contribution is 2.26. The van der Waals surface area contributed by atoms with Gasteiger partial charge in [0.2, 0.25) is 0 Å². The Morgan fingerprint density at radius 1 is 1.24 bits per heavy atom. The Labute approximate surface area is 145 Å². The zero-order valence-corrected chi connectivity index (χ0v) is 14.2. The van der Waals surface area contributed by atoms with Gasteiger partial charge in [0.25, 0.3) is 5.56 Å². The maximum atomic E-state index is 14.7. The van der Waals surface area contributed by atoms with E-state index in [-0.39, 0.29) is 27.5 Å². The Morgan fingerprint density at radius 3 is 2.60 bits per heavy atom. The van der Waals surface area contributed by atoms with E-state index in [9.17, 15) is 14.0 Å². The van der Waals surface area contributed by atoms with Crippen LogP contribution in [0.4, 0.5) is 4.39 Å². The molecule has 4 nitrogen and oxygen atoms in total. The fourth-order valence-corrected chi connectivity index (χ4v) is 2.72. The van der Waals surface area contributed by atoms with Crippen molar-refractivity contribution in [2.75, 3.05) is 0 Å². The molecule has 0 aliphatic carbocycles. The monoisotopic (exact) mass is 334 g/mol. The minimum Gasteiger partial charge on any atom is -0.298 e. The molecule has 0 bridgehead atoms. The number of nitrogens with zero attached hydrogens (tertiary/aromatic N) is 2. The second-order valence-electron chi connectivity index (χ2n) is 6.93. The molecule has 0 aliphatic heterocycles. The van der Waals surface area contributed by atoms with Crippen LogP contribution in [0.2, 0.25) is 0 Å². The molecule has 0 saturated heterocycles. The molecular formula is C19H16BFN2O2. The van der Waals surface area contributed by atoms with Crippen molar-refractivity contribution in [3.8, 4) is 5.69 Å². The number of aromatic nitrogens is 2. The summed E-state index contributed by atoms with van der Waals surface area (Å²) in [6.07, 6.45) is 1.98. The second kappa shape index (κ2) is 5.95. The van der Waals surface area contributed by atoms with Crippen LogP contribution in [0.3, 0.4) is 0 Å². The Balaban J connectivity index is 2.33. The SMILES string of the molecule is [B]c1cccc(-n2ncc3cc(C(C)(C)C)cc(F)c3c2=O)c1C=O. The largest absolute Gasteiger partial charge is 0.298 e. The van der Waals surface area contributed by atoms with Crippen LogP contribution in [0, 0.1) is 5.82 Å². The van der Waals surface area contributed by atoms with Crippen molar-refractivity contribution in [1.29, 1.82) is 0 Å². The number of aldehydes is 1. The smallest absolute Gasteiger partial charge is 0.282 e. The third-order valence-electron chi connectivity index (χ3n) is 4.17. The average Bonchev–Trinajstić information content (AvgIpc) is 2.53. The van der Waals surface area contributed by atoms with Gasteiger partial charge in [0.05, 0.1) is 17.3 Å². The molecule has 2 radical (unpaired) electrons. The Kier molecular flexibility index (Phi) is 4.07. The van der Waals surface area contributed by atoms with Crippen molar-refractivity contribution in [1.82, 2.24) is 9.78 Å². The number of carbonyl (C=O) groups excluding carboxylic acids is 1. The number of rotatable bonds is 2. The second-order valence-corrected chi connectivity index (χ2v) is 6.93. The predicted octanol–water partition coefficient (Wildman–Crippen LogP) is 2.43. The molecule has 0 amide bonds. The lowest BCUT2D eigenvalue weighted by Crippen LogP contribution is -2.25. The van der Waals surface area contributed by atoms with Crippen LogP contribution in [0.25, 0.3) is 16.5 Å². The van der Waals surface area contributed by atoms with Gasteiger partial charge in [-0.3, -0.25) is 9.59 Å². The number of fused-ring (bicyclic) bond motifs is 1. The standard InChI is InChI=1S/C19H16BFN2O2/c1-19(2,3)12-7-11-9-22-23(18(25)17(11)15(21)8-12)16-6-4-5-14(20)13(16)10-24/h4-10H,1-3H3. The topological polar surface area (TPSA) is 52.0 Å². The van der Waals surface area contributed by atoms with E-state index in [1.807, 2.05) is 20.8 Å². The third kappa shape index (κ3) is 2.88. The molecule has 3 rings (SSSR count). The molecule has 0 saturated carbocycles. The number of halogens is 1. The summed E-state index contributed by atoms with van der Waals surface area (Å²) in [6.45, 7) is 5.89. The first-order chi connectivity index (χ1) is 11.7. The van der Waals surface area contributed by atoms with Crippen LogP contribution < -0.4 is 11.0 Å². The maximum Gasteiger partial charge on any atom is 0.282 e. The molecule has 0 atom stereocenters. The highest BCUT2D eigenvalue weighted by atomic mass is 19.1. The first-order valence-electron chi connectivity index (χ1n) is 7.80. The van der Waals surface area contributed by atoms with Gasteiger partial charge in [-0.25, -0.2) is 4.39 Å². The van der Waals surface area contributed by atoms with Crippen LogP contribution in [0.15, 0.2) is 41.3 Å². The quantitative estimate of drug-likeness (QED) is 0.534. The molecule has 2 aromatic carbocycles. The summed E-state index contributed by atoms with van der Waals surface area (Å²) in [5.74, 6) is -0.611. The summed E-state index contributed by atoms with van der Waals surface area (Å²) in [6, 6.07) is 7.83. The summed E-state index contributed by atoms with van der Waals surface area (Å²) in [5, 5.41) is 4.47. The van der Waals surface area contributed by atoms with Crippen molar-refractivity contribution in [3.05, 3.63) is 63.8 Å². The summed E-state index contributed by atoms with van der Waals surface area (Å²) < 4.78 is 15.7. The molecule has 124 valence electrons. The molecule has 0 unspecified atom stereocenters. The fraction of sp³-hybridized carbons (Fsp3) is 0.211. The van der Waals surface area contributed by atoms with Gasteiger partial charge in [0, 0.05) is 10.9 Å². The first kappa shape index (κ1) is 17.1. The van der Waals surface area contributed by atoms with Crippen molar-refractivity contribution in [2.45, 2.75) is 26.2 Å². The van der Waals surface area contributed by atoms with E-state index in [0.29, 0.717) is 11.7 Å². The van der Waals surface area contributed by atoms with Crippen molar-refractivity contribution in [3.63, 3.8) is 0 Å². The maximum absolute atomic E-state index is 14.7. The minimum atomic E-state index is -0.635. The predicted molar refractivity (Wildman–Crippen MR) is 96.8 cm³/mol. The van der Waals surface area contributed by atoms with Gasteiger partial charge in [-0.05, 0) is 29.2 Å². The minimum absolute atomic E-state index is 0.0673. The van der Waals surface area contributed by atoms with Crippen LogP contribution >= 0.6 is 0 Å². The van der Waals surface area contributed by atoms with E-state index in [1.54, 1.807) is 24.3 Å². The van der Waals surface area contributed by atoms with Crippen LogP contribution in [0.1, 0.15) is 36.7 Å². The lowest BCUT2D eigenvalue weighted by molar-refractivity contribution is 0.112. The van der Waals surface area contributed by atoms with Gasteiger partial charge in [0.1, 0.15) is 13.7 Å². The Morgan fingerprint density at radius 2 is 1.96 bits per heavy atom. The van der Waals surface area contributed by atoms with Crippen LogP contribution in [-0.2, 0) is 5.41 Å². The van der Waals surface area contributed by atoms with Crippen molar-refractivity contribution < 1.29 is 9.18 Å². The Hall–Kier alpha value is -2.76. The van der Waals surface area contributed by atoms with Crippen LogP contribution in [-0.4, -0.2) is 23.9 Å². The number of hydrogen-bond donors (Lipinski definition) is 0. The summed E-state index contributed by atoms with van der Waals surface area (Å²) in [4.78, 5) is 24.1. The van der Waals surface area contributed by atoms with Gasteiger partial charge in [-0.2, -0.15) is 9.78 Å². The lowest BCUT2D eigenvalue weighted by Gasteiger charge is -2.20. The van der Waals surface area contributed by atoms with Crippen molar-refractivity contribution in [2.24, 2.45) is 0 Å². The molecule has 0 fully saturated rings. The highest BCUT2D eigenvalue weighted by Gasteiger charge is 2.19. The molecule has 1 heterocycles. The van der Waals surface area contributed by atoms with Gasteiger partial charge in [0.15, 0.2) is 6.29 Å². The molecule has 3 aromatic rings. The molecule has 25 heavy (non-hydrogen) atoms. The molecule has 6 heteroatoms. The summed E-state index contributed by atoms with van der Waals surface area (Å²) in [7, 11) is 5.78. The number of hydrogen-bond acceptors (Lipinski definition) is 3. The van der Waals surface area contributed by atoms with Crippen molar-refractivity contribution >= 4 is 30.4 Å². The normalized spacial score (nSPS) is 11.7. The van der Waals surface area contributed by atoms with E-state index >= 15 is 0 Å². The zero-order valence-electron chi connectivity index (χ0n) is 14.2. The van der Waals surface area contributed by atoms with E-state index in [4.69, 9.17) is 7.85 Å². The van der Waals surface area contributed by atoms with E-state index in [1.165, 1.54) is 12.3 Å². The third-order valence-corrected chi connectivity index (χ3v) is 4.17. The first-order valence-corrected chi connectivity index (χ1v) is 7.80. The molecule has 0 N–H and O–H groups in total. The molecule has 1 aromatic heterocycles. The fourth-order valence-electron chi connectivity index (χ4n) is 2.72. The van der Waals surface area contributed by atoms with E-state index in [2.05, 4.69) is 5.10 Å². The molecular weight excluding hydrogens is 318 g/mol. The van der Waals surface area contributed by atoms with Crippen LogP contribution in [0.5, 0.6) is 0 Å². The van der Waals surface area contributed by atoms with Gasteiger partial charge in [-0.15, -0.1) is 0 Å². The molecule has 0 aliphatic rings. The average molecular weight is 334 g/mol. The van der Waals surface area contributed by atoms with Gasteiger partial charge in [-0.1, -0.05) is 38.4 Å². The molecule has 0 spiro atoms.